The highest BCUT2D eigenvalue weighted by atomic mass is 16.5. The molecule has 0 aromatic heterocycles. The van der Waals surface area contributed by atoms with Gasteiger partial charge in [0.05, 0.1) is 7.11 Å². The summed E-state index contributed by atoms with van der Waals surface area (Å²) in [6.45, 7) is 1.44. The minimum atomic E-state index is -0.0831. The summed E-state index contributed by atoms with van der Waals surface area (Å²) in [5.74, 6) is 1.58. The van der Waals surface area contributed by atoms with Crippen molar-refractivity contribution < 1.29 is 14.3 Å². The molecule has 0 spiro atoms. The van der Waals surface area contributed by atoms with E-state index in [2.05, 4.69) is 15.2 Å². The highest BCUT2D eigenvalue weighted by Crippen LogP contribution is 2.21. The molecule has 2 rings (SSSR count). The van der Waals surface area contributed by atoms with Crippen LogP contribution in [0.15, 0.2) is 29.3 Å². The van der Waals surface area contributed by atoms with Gasteiger partial charge in [-0.05, 0) is 49.8 Å². The van der Waals surface area contributed by atoms with Gasteiger partial charge in [-0.1, -0.05) is 12.1 Å². The molecular weight excluding hydrogens is 330 g/mol. The third kappa shape index (κ3) is 6.58. The van der Waals surface area contributed by atoms with Crippen molar-refractivity contribution in [3.8, 4) is 5.75 Å². The number of nitrogens with zero attached hydrogens (tertiary/aromatic N) is 2. The molecule has 6 heteroatoms. The molecule has 1 N–H and O–H groups in total. The van der Waals surface area contributed by atoms with Crippen LogP contribution in [0, 0.1) is 0 Å². The van der Waals surface area contributed by atoms with E-state index in [0.717, 1.165) is 37.5 Å². The first-order valence-electron chi connectivity index (χ1n) is 9.36. The summed E-state index contributed by atoms with van der Waals surface area (Å²) in [6.07, 6.45) is 5.73. The van der Waals surface area contributed by atoms with Crippen molar-refractivity contribution in [3.63, 3.8) is 0 Å². The Morgan fingerprint density at radius 3 is 2.58 bits per heavy atom. The van der Waals surface area contributed by atoms with Crippen LogP contribution in [0.25, 0.3) is 0 Å². The van der Waals surface area contributed by atoms with E-state index in [1.807, 2.05) is 31.3 Å². The summed E-state index contributed by atoms with van der Waals surface area (Å²) < 4.78 is 10.7. The van der Waals surface area contributed by atoms with Crippen molar-refractivity contribution in [1.29, 1.82) is 0 Å². The number of esters is 1. The number of rotatable bonds is 8. The Labute approximate surface area is 156 Å². The fraction of sp³-hybridized carbons (Fsp3) is 0.600. The number of carbonyl (C=O) groups is 1. The van der Waals surface area contributed by atoms with Crippen molar-refractivity contribution in [2.24, 2.45) is 4.99 Å². The Hall–Kier alpha value is -2.24. The molecule has 0 amide bonds. The van der Waals surface area contributed by atoms with Crippen molar-refractivity contribution in [2.75, 3.05) is 27.7 Å². The lowest BCUT2D eigenvalue weighted by Gasteiger charge is -2.22. The van der Waals surface area contributed by atoms with Gasteiger partial charge >= 0.3 is 5.97 Å². The lowest BCUT2D eigenvalue weighted by Crippen LogP contribution is -2.39. The van der Waals surface area contributed by atoms with Crippen molar-refractivity contribution in [3.05, 3.63) is 29.8 Å². The van der Waals surface area contributed by atoms with E-state index in [1.54, 1.807) is 14.2 Å². The van der Waals surface area contributed by atoms with Gasteiger partial charge < -0.3 is 19.7 Å². The van der Waals surface area contributed by atoms with Crippen LogP contribution >= 0.6 is 0 Å². The van der Waals surface area contributed by atoms with Crippen molar-refractivity contribution in [2.45, 2.75) is 51.2 Å². The molecule has 1 aliphatic carbocycles. The highest BCUT2D eigenvalue weighted by molar-refractivity contribution is 5.79. The molecule has 6 nitrogen and oxygen atoms in total. The summed E-state index contributed by atoms with van der Waals surface area (Å²) >= 11 is 0. The van der Waals surface area contributed by atoms with Gasteiger partial charge in [0.25, 0.3) is 0 Å². The standard InChI is InChI=1S/C20H31N3O3/c1-21-20(23(2)15-16-10-12-17(25-3)13-11-16)22-14-6-9-19(24)26-18-7-4-5-8-18/h10-13,18H,4-9,14-15H2,1-3H3,(H,21,22). The van der Waals surface area contributed by atoms with Crippen LogP contribution in [0.1, 0.15) is 44.1 Å². The van der Waals surface area contributed by atoms with Crippen LogP contribution in [-0.4, -0.2) is 50.7 Å². The number of guanidine groups is 1. The number of aliphatic imine (C=N–C) groups is 1. The zero-order valence-electron chi connectivity index (χ0n) is 16.2. The van der Waals surface area contributed by atoms with E-state index < -0.39 is 0 Å². The zero-order valence-corrected chi connectivity index (χ0v) is 16.2. The molecular formula is C20H31N3O3. The molecule has 144 valence electrons. The monoisotopic (exact) mass is 361 g/mol. The van der Waals surface area contributed by atoms with Gasteiger partial charge in [-0.2, -0.15) is 0 Å². The number of hydrogen-bond donors (Lipinski definition) is 1. The van der Waals surface area contributed by atoms with Crippen LogP contribution in [0.4, 0.5) is 0 Å². The van der Waals surface area contributed by atoms with Crippen LogP contribution in [0.2, 0.25) is 0 Å². The minimum absolute atomic E-state index is 0.0831. The molecule has 1 aliphatic rings. The minimum Gasteiger partial charge on any atom is -0.497 e. The average molecular weight is 361 g/mol. The predicted octanol–water partition coefficient (Wildman–Crippen LogP) is 2.97. The van der Waals surface area contributed by atoms with E-state index >= 15 is 0 Å². The molecule has 0 radical (unpaired) electrons. The van der Waals surface area contributed by atoms with Gasteiger partial charge in [0.15, 0.2) is 5.96 Å². The van der Waals surface area contributed by atoms with Crippen LogP contribution < -0.4 is 10.1 Å². The first kappa shape index (κ1) is 20.1. The Bertz CT molecular complexity index is 580. The first-order chi connectivity index (χ1) is 12.6. The third-order valence-electron chi connectivity index (χ3n) is 4.59. The maximum Gasteiger partial charge on any atom is 0.306 e. The molecule has 0 unspecified atom stereocenters. The molecule has 1 saturated carbocycles. The maximum absolute atomic E-state index is 11.8. The number of carbonyl (C=O) groups excluding carboxylic acids is 1. The van der Waals surface area contributed by atoms with Crippen LogP contribution in [0.5, 0.6) is 5.75 Å². The Balaban J connectivity index is 1.67. The second-order valence-corrected chi connectivity index (χ2v) is 6.68. The van der Waals surface area contributed by atoms with E-state index in [1.165, 1.54) is 18.4 Å². The van der Waals surface area contributed by atoms with E-state index in [4.69, 9.17) is 9.47 Å². The number of nitrogens with one attached hydrogen (secondary N) is 1. The summed E-state index contributed by atoms with van der Waals surface area (Å²) in [4.78, 5) is 18.2. The summed E-state index contributed by atoms with van der Waals surface area (Å²) in [5.41, 5.74) is 1.18. The number of ether oxygens (including phenoxy) is 2. The van der Waals surface area contributed by atoms with Crippen LogP contribution in [-0.2, 0) is 16.1 Å². The third-order valence-corrected chi connectivity index (χ3v) is 4.59. The summed E-state index contributed by atoms with van der Waals surface area (Å²) in [7, 11) is 5.42. The Morgan fingerprint density at radius 1 is 1.27 bits per heavy atom. The zero-order chi connectivity index (χ0) is 18.8. The molecule has 1 aromatic rings. The van der Waals surface area contributed by atoms with Gasteiger partial charge in [-0.15, -0.1) is 0 Å². The lowest BCUT2D eigenvalue weighted by atomic mass is 10.2. The molecule has 26 heavy (non-hydrogen) atoms. The van der Waals surface area contributed by atoms with Gasteiger partial charge in [0.1, 0.15) is 11.9 Å². The maximum atomic E-state index is 11.8. The van der Waals surface area contributed by atoms with Gasteiger partial charge in [0.2, 0.25) is 0 Å². The molecule has 0 atom stereocenters. The number of benzene rings is 1. The fourth-order valence-corrected chi connectivity index (χ4v) is 3.15. The van der Waals surface area contributed by atoms with Gasteiger partial charge in [-0.25, -0.2) is 0 Å². The number of methoxy groups -OCH3 is 1. The largest absolute Gasteiger partial charge is 0.497 e. The van der Waals surface area contributed by atoms with E-state index in [-0.39, 0.29) is 12.1 Å². The smallest absolute Gasteiger partial charge is 0.306 e. The normalized spacial score (nSPS) is 15.0. The second-order valence-electron chi connectivity index (χ2n) is 6.68. The predicted molar refractivity (Wildman–Crippen MR) is 103 cm³/mol. The van der Waals surface area contributed by atoms with Gasteiger partial charge in [-0.3, -0.25) is 9.79 Å². The quantitative estimate of drug-likeness (QED) is 0.334. The molecule has 1 aromatic carbocycles. The number of hydrogen-bond acceptors (Lipinski definition) is 4. The summed E-state index contributed by atoms with van der Waals surface area (Å²) in [6, 6.07) is 7.99. The van der Waals surface area contributed by atoms with Crippen molar-refractivity contribution >= 4 is 11.9 Å². The molecule has 0 bridgehead atoms. The molecule has 0 heterocycles. The molecule has 0 saturated heterocycles. The fourth-order valence-electron chi connectivity index (χ4n) is 3.15. The average Bonchev–Trinajstić information content (AvgIpc) is 3.15. The van der Waals surface area contributed by atoms with Gasteiger partial charge in [0, 0.05) is 33.6 Å². The SMILES string of the molecule is CN=C(NCCCC(=O)OC1CCCC1)N(C)Cc1ccc(OC)cc1. The van der Waals surface area contributed by atoms with E-state index in [9.17, 15) is 4.79 Å². The Kier molecular flexibility index (Phi) is 8.25. The lowest BCUT2D eigenvalue weighted by molar-refractivity contribution is -0.148. The molecule has 0 aliphatic heterocycles. The Morgan fingerprint density at radius 2 is 1.96 bits per heavy atom. The van der Waals surface area contributed by atoms with Crippen LogP contribution in [0.3, 0.4) is 0 Å². The summed E-state index contributed by atoms with van der Waals surface area (Å²) in [5, 5.41) is 3.30. The first-order valence-corrected chi connectivity index (χ1v) is 9.36. The highest BCUT2D eigenvalue weighted by Gasteiger charge is 2.18. The molecule has 1 fully saturated rings. The second kappa shape index (κ2) is 10.7. The van der Waals surface area contributed by atoms with E-state index in [0.29, 0.717) is 13.0 Å². The topological polar surface area (TPSA) is 63.2 Å². The van der Waals surface area contributed by atoms with Crippen molar-refractivity contribution in [1.82, 2.24) is 10.2 Å².